The van der Waals surface area contributed by atoms with Gasteiger partial charge < -0.3 is 19.5 Å². The van der Waals surface area contributed by atoms with Gasteiger partial charge in [-0.3, -0.25) is 0 Å². The van der Waals surface area contributed by atoms with Gasteiger partial charge in [-0.05, 0) is 19.0 Å². The molecule has 0 heterocycles. The Morgan fingerprint density at radius 3 is 2.06 bits per heavy atom. The van der Waals surface area contributed by atoms with E-state index in [1.807, 2.05) is 13.1 Å². The lowest BCUT2D eigenvalue weighted by Gasteiger charge is -2.21. The highest BCUT2D eigenvalue weighted by molar-refractivity contribution is 5.59. The van der Waals surface area contributed by atoms with Crippen LogP contribution in [0.25, 0.3) is 0 Å². The summed E-state index contributed by atoms with van der Waals surface area (Å²) in [7, 11) is 6.89. The van der Waals surface area contributed by atoms with Crippen molar-refractivity contribution in [3.63, 3.8) is 0 Å². The molecule has 4 nitrogen and oxygen atoms in total. The summed E-state index contributed by atoms with van der Waals surface area (Å²) in [5.74, 6) is 2.67. The molecule has 1 aromatic rings. The molecule has 0 aliphatic heterocycles. The summed E-state index contributed by atoms with van der Waals surface area (Å²) in [5, 5.41) is 3.12. The minimum atomic E-state index is 0.299. The van der Waals surface area contributed by atoms with E-state index in [4.69, 9.17) is 14.2 Å². The Hall–Kier alpha value is -1.42. The molecule has 0 fully saturated rings. The molecule has 4 heteroatoms. The normalized spacial score (nSPS) is 10.6. The van der Waals surface area contributed by atoms with E-state index in [1.54, 1.807) is 21.3 Å². The van der Waals surface area contributed by atoms with Gasteiger partial charge in [-0.2, -0.15) is 0 Å². The van der Waals surface area contributed by atoms with Gasteiger partial charge in [0.1, 0.15) is 5.75 Å². The predicted octanol–water partition coefficient (Wildman–Crippen LogP) is 2.56. The zero-order chi connectivity index (χ0) is 13.7. The van der Waals surface area contributed by atoms with Crippen molar-refractivity contribution in [3.05, 3.63) is 17.2 Å². The largest absolute Gasteiger partial charge is 0.496 e. The maximum Gasteiger partial charge on any atom is 0.168 e. The number of rotatable bonds is 6. The van der Waals surface area contributed by atoms with Crippen LogP contribution in [0.4, 0.5) is 0 Å². The van der Waals surface area contributed by atoms with Gasteiger partial charge in [0.25, 0.3) is 0 Å². The third-order valence-electron chi connectivity index (χ3n) is 2.89. The summed E-state index contributed by atoms with van der Waals surface area (Å²) in [4.78, 5) is 0. The highest BCUT2D eigenvalue weighted by atomic mass is 16.5. The monoisotopic (exact) mass is 253 g/mol. The van der Waals surface area contributed by atoms with Crippen molar-refractivity contribution in [1.29, 1.82) is 0 Å². The fourth-order valence-corrected chi connectivity index (χ4v) is 2.15. The lowest BCUT2D eigenvalue weighted by atomic mass is 9.97. The van der Waals surface area contributed by atoms with Crippen LogP contribution in [0.15, 0.2) is 6.07 Å². The molecule has 18 heavy (non-hydrogen) atoms. The number of methoxy groups -OCH3 is 3. The smallest absolute Gasteiger partial charge is 0.168 e. The lowest BCUT2D eigenvalue weighted by Crippen LogP contribution is -2.10. The molecule has 0 bridgehead atoms. The second-order valence-corrected chi connectivity index (χ2v) is 4.40. The van der Waals surface area contributed by atoms with Crippen LogP contribution in [0.3, 0.4) is 0 Å². The van der Waals surface area contributed by atoms with Crippen molar-refractivity contribution < 1.29 is 14.2 Å². The summed E-state index contributed by atoms with van der Waals surface area (Å²) in [6.45, 7) is 4.92. The van der Waals surface area contributed by atoms with E-state index in [2.05, 4.69) is 19.2 Å². The van der Waals surface area contributed by atoms with Crippen LogP contribution in [0, 0.1) is 0 Å². The van der Waals surface area contributed by atoms with Crippen LogP contribution in [0.2, 0.25) is 0 Å². The fraction of sp³-hybridized carbons (Fsp3) is 0.571. The minimum Gasteiger partial charge on any atom is -0.496 e. The van der Waals surface area contributed by atoms with Crippen LogP contribution in [0.1, 0.15) is 30.9 Å². The van der Waals surface area contributed by atoms with Crippen LogP contribution in [-0.2, 0) is 6.54 Å². The molecule has 0 aliphatic carbocycles. The maximum atomic E-state index is 5.53. The Balaban J connectivity index is 3.51. The first kappa shape index (κ1) is 14.6. The molecule has 1 rings (SSSR count). The van der Waals surface area contributed by atoms with Gasteiger partial charge in [-0.15, -0.1) is 0 Å². The van der Waals surface area contributed by atoms with E-state index in [0.717, 1.165) is 28.4 Å². The molecule has 0 saturated carbocycles. The summed E-state index contributed by atoms with van der Waals surface area (Å²) < 4.78 is 16.5. The molecular formula is C14H23NO3. The number of hydrogen-bond acceptors (Lipinski definition) is 4. The van der Waals surface area contributed by atoms with E-state index >= 15 is 0 Å². The molecule has 0 unspecified atom stereocenters. The minimum absolute atomic E-state index is 0.299. The zero-order valence-electron chi connectivity index (χ0n) is 12.1. The Morgan fingerprint density at radius 2 is 1.67 bits per heavy atom. The lowest BCUT2D eigenvalue weighted by molar-refractivity contribution is 0.338. The van der Waals surface area contributed by atoms with E-state index in [1.165, 1.54) is 0 Å². The van der Waals surface area contributed by atoms with Gasteiger partial charge in [-0.1, -0.05) is 13.8 Å². The quantitative estimate of drug-likeness (QED) is 0.845. The third-order valence-corrected chi connectivity index (χ3v) is 2.89. The van der Waals surface area contributed by atoms with Crippen molar-refractivity contribution >= 4 is 0 Å². The van der Waals surface area contributed by atoms with Crippen molar-refractivity contribution in [2.75, 3.05) is 28.4 Å². The number of benzene rings is 1. The Labute approximate surface area is 109 Å². The topological polar surface area (TPSA) is 39.7 Å². The first-order chi connectivity index (χ1) is 8.60. The van der Waals surface area contributed by atoms with E-state index in [9.17, 15) is 0 Å². The molecule has 1 aromatic carbocycles. The van der Waals surface area contributed by atoms with E-state index < -0.39 is 0 Å². The van der Waals surface area contributed by atoms with Crippen molar-refractivity contribution in [1.82, 2.24) is 5.32 Å². The fourth-order valence-electron chi connectivity index (χ4n) is 2.15. The molecule has 0 amide bonds. The molecule has 0 saturated heterocycles. The second kappa shape index (κ2) is 6.50. The molecule has 0 radical (unpaired) electrons. The van der Waals surface area contributed by atoms with Gasteiger partial charge >= 0.3 is 0 Å². The van der Waals surface area contributed by atoms with Gasteiger partial charge in [0, 0.05) is 17.7 Å². The molecule has 0 aliphatic rings. The highest BCUT2D eigenvalue weighted by Crippen LogP contribution is 2.44. The molecular weight excluding hydrogens is 230 g/mol. The van der Waals surface area contributed by atoms with Gasteiger partial charge in [0.15, 0.2) is 11.5 Å². The summed E-state index contributed by atoms with van der Waals surface area (Å²) in [5.41, 5.74) is 2.06. The van der Waals surface area contributed by atoms with Gasteiger partial charge in [0.05, 0.1) is 21.3 Å². The number of hydrogen-bond donors (Lipinski definition) is 1. The van der Waals surface area contributed by atoms with Gasteiger partial charge in [0.2, 0.25) is 0 Å². The van der Waals surface area contributed by atoms with Crippen LogP contribution in [-0.4, -0.2) is 28.4 Å². The zero-order valence-corrected chi connectivity index (χ0v) is 12.1. The highest BCUT2D eigenvalue weighted by Gasteiger charge is 2.22. The number of ether oxygens (including phenoxy) is 3. The SMILES string of the molecule is CNCc1cc(OC)c(C(C)C)c(OC)c1OC. The molecule has 1 N–H and O–H groups in total. The Morgan fingerprint density at radius 1 is 1.06 bits per heavy atom. The Kier molecular flexibility index (Phi) is 5.28. The average Bonchev–Trinajstić information content (AvgIpc) is 2.36. The summed E-state index contributed by atoms with van der Waals surface area (Å²) in [6, 6.07) is 2.01. The maximum absolute atomic E-state index is 5.53. The Bertz CT molecular complexity index is 403. The van der Waals surface area contributed by atoms with Crippen molar-refractivity contribution in [3.8, 4) is 17.2 Å². The standard InChI is InChI=1S/C14H23NO3/c1-9(2)12-11(16-4)7-10(8-15-3)13(17-5)14(12)18-6/h7,9,15H,8H2,1-6H3. The van der Waals surface area contributed by atoms with Crippen molar-refractivity contribution in [2.45, 2.75) is 26.3 Å². The van der Waals surface area contributed by atoms with Gasteiger partial charge in [-0.25, -0.2) is 0 Å². The first-order valence-corrected chi connectivity index (χ1v) is 6.06. The molecule has 0 atom stereocenters. The van der Waals surface area contributed by atoms with Crippen LogP contribution < -0.4 is 19.5 Å². The molecule has 0 aromatic heterocycles. The third kappa shape index (κ3) is 2.70. The average molecular weight is 253 g/mol. The van der Waals surface area contributed by atoms with E-state index in [0.29, 0.717) is 12.5 Å². The van der Waals surface area contributed by atoms with Crippen molar-refractivity contribution in [2.24, 2.45) is 0 Å². The first-order valence-electron chi connectivity index (χ1n) is 6.06. The molecule has 0 spiro atoms. The predicted molar refractivity (Wildman–Crippen MR) is 73.0 cm³/mol. The molecule has 102 valence electrons. The number of nitrogens with one attached hydrogen (secondary N) is 1. The second-order valence-electron chi connectivity index (χ2n) is 4.40. The van der Waals surface area contributed by atoms with E-state index in [-0.39, 0.29) is 0 Å². The van der Waals surface area contributed by atoms with Crippen LogP contribution in [0.5, 0.6) is 17.2 Å². The summed E-state index contributed by atoms with van der Waals surface area (Å²) >= 11 is 0. The van der Waals surface area contributed by atoms with Crippen LogP contribution >= 0.6 is 0 Å². The summed E-state index contributed by atoms with van der Waals surface area (Å²) in [6.07, 6.45) is 0.